The zero-order valence-electron chi connectivity index (χ0n) is 14.5. The lowest BCUT2D eigenvalue weighted by Crippen LogP contribution is -2.48. The van der Waals surface area contributed by atoms with Crippen LogP contribution in [0.3, 0.4) is 0 Å². The Bertz CT molecular complexity index is 937. The van der Waals surface area contributed by atoms with Gasteiger partial charge in [-0.3, -0.25) is 4.90 Å². The number of nitrogens with zero attached hydrogens (tertiary/aromatic N) is 2. The maximum atomic E-state index is 13.9. The molecule has 1 saturated heterocycles. The molecule has 0 amide bonds. The van der Waals surface area contributed by atoms with E-state index in [0.29, 0.717) is 31.5 Å². The summed E-state index contributed by atoms with van der Waals surface area (Å²) < 4.78 is 63.2. The molecule has 27 heavy (non-hydrogen) atoms. The highest BCUT2D eigenvalue weighted by molar-refractivity contribution is 7.89. The Balaban J connectivity index is 1.63. The maximum absolute atomic E-state index is 13.9. The average molecular weight is 400 g/mol. The van der Waals surface area contributed by atoms with Gasteiger partial charge in [0.1, 0.15) is 22.3 Å². The summed E-state index contributed by atoms with van der Waals surface area (Å²) in [4.78, 5) is 12.8. The van der Waals surface area contributed by atoms with E-state index in [-0.39, 0.29) is 18.8 Å². The van der Waals surface area contributed by atoms with Gasteiger partial charge in [0.25, 0.3) is 0 Å². The number of piperazine rings is 1. The number of sulfonamides is 1. The van der Waals surface area contributed by atoms with Crippen molar-refractivity contribution in [1.82, 2.24) is 9.21 Å². The predicted molar refractivity (Wildman–Crippen MR) is 90.4 cm³/mol. The second kappa shape index (κ2) is 7.75. The summed E-state index contributed by atoms with van der Waals surface area (Å²) in [7, 11) is -2.78. The Labute approximate surface area is 155 Å². The van der Waals surface area contributed by atoms with Gasteiger partial charge in [0.15, 0.2) is 0 Å². The first-order chi connectivity index (χ1) is 12.8. The summed E-state index contributed by atoms with van der Waals surface area (Å²) in [6.07, 6.45) is 0. The van der Waals surface area contributed by atoms with Crippen LogP contribution in [0.2, 0.25) is 0 Å². The van der Waals surface area contributed by atoms with Gasteiger partial charge < -0.3 is 9.15 Å². The molecule has 1 aromatic heterocycles. The molecule has 10 heteroatoms. The Morgan fingerprint density at radius 2 is 1.85 bits per heavy atom. The molecule has 3 rings (SSSR count). The van der Waals surface area contributed by atoms with Crippen LogP contribution in [0.15, 0.2) is 39.6 Å². The van der Waals surface area contributed by atoms with Crippen molar-refractivity contribution in [2.45, 2.75) is 11.4 Å². The van der Waals surface area contributed by atoms with Gasteiger partial charge in [-0.15, -0.1) is 0 Å². The summed E-state index contributed by atoms with van der Waals surface area (Å²) >= 11 is 0. The normalized spacial score (nSPS) is 16.4. The Morgan fingerprint density at radius 3 is 2.48 bits per heavy atom. The molecular formula is C17H18F2N2O5S. The minimum absolute atomic E-state index is 0.0977. The van der Waals surface area contributed by atoms with Gasteiger partial charge in [-0.05, 0) is 24.3 Å². The molecular weight excluding hydrogens is 382 g/mol. The molecule has 1 aliphatic heterocycles. The van der Waals surface area contributed by atoms with E-state index < -0.39 is 32.5 Å². The van der Waals surface area contributed by atoms with E-state index in [1.807, 2.05) is 4.90 Å². The third kappa shape index (κ3) is 4.18. The molecule has 0 bridgehead atoms. The number of rotatable bonds is 5. The smallest absolute Gasteiger partial charge is 0.373 e. The Morgan fingerprint density at radius 1 is 1.15 bits per heavy atom. The fourth-order valence-electron chi connectivity index (χ4n) is 2.85. The number of halogens is 2. The van der Waals surface area contributed by atoms with E-state index in [1.165, 1.54) is 17.5 Å². The highest BCUT2D eigenvalue weighted by Gasteiger charge is 2.31. The molecule has 0 unspecified atom stereocenters. The minimum Gasteiger partial charge on any atom is -0.463 e. The van der Waals surface area contributed by atoms with Crippen LogP contribution in [0.25, 0.3) is 0 Å². The fraction of sp³-hybridized carbons (Fsp3) is 0.353. The summed E-state index contributed by atoms with van der Waals surface area (Å²) in [6.45, 7) is 1.51. The van der Waals surface area contributed by atoms with Crippen molar-refractivity contribution in [3.63, 3.8) is 0 Å². The standard InChI is InChI=1S/C17H18F2N2O5S/c1-25-17(22)15-4-3-13(26-15)11-20-6-8-21(9-7-20)27(23,24)16-5-2-12(18)10-14(16)19/h2-5,10H,6-9,11H2,1H3. The number of esters is 1. The molecule has 0 N–H and O–H groups in total. The average Bonchev–Trinajstić information content (AvgIpc) is 3.09. The number of carbonyl (C=O) groups excluding carboxylic acids is 1. The Hall–Kier alpha value is -2.30. The first-order valence-electron chi connectivity index (χ1n) is 8.16. The lowest BCUT2D eigenvalue weighted by Gasteiger charge is -2.33. The van der Waals surface area contributed by atoms with E-state index in [0.717, 1.165) is 12.1 Å². The summed E-state index contributed by atoms with van der Waals surface area (Å²) in [5.41, 5.74) is 0. The first kappa shape index (κ1) is 19.5. The number of furan rings is 1. The molecule has 1 aliphatic rings. The largest absolute Gasteiger partial charge is 0.463 e. The monoisotopic (exact) mass is 400 g/mol. The van der Waals surface area contributed by atoms with Crippen LogP contribution < -0.4 is 0 Å². The van der Waals surface area contributed by atoms with Crippen LogP contribution in [-0.2, 0) is 21.3 Å². The number of carbonyl (C=O) groups is 1. The second-order valence-electron chi connectivity index (χ2n) is 6.01. The topological polar surface area (TPSA) is 80.1 Å². The lowest BCUT2D eigenvalue weighted by molar-refractivity contribution is 0.0560. The number of hydrogen-bond donors (Lipinski definition) is 0. The molecule has 2 heterocycles. The summed E-state index contributed by atoms with van der Waals surface area (Å²) in [5, 5.41) is 0. The molecule has 0 aliphatic carbocycles. The van der Waals surface area contributed by atoms with Crippen LogP contribution in [0, 0.1) is 11.6 Å². The van der Waals surface area contributed by atoms with E-state index in [9.17, 15) is 22.0 Å². The molecule has 2 aromatic rings. The third-order valence-corrected chi connectivity index (χ3v) is 6.20. The van der Waals surface area contributed by atoms with Gasteiger partial charge in [-0.1, -0.05) is 0 Å². The molecule has 1 fully saturated rings. The first-order valence-corrected chi connectivity index (χ1v) is 9.60. The lowest BCUT2D eigenvalue weighted by atomic mass is 10.3. The maximum Gasteiger partial charge on any atom is 0.373 e. The van der Waals surface area contributed by atoms with Crippen molar-refractivity contribution < 1.29 is 31.1 Å². The van der Waals surface area contributed by atoms with Gasteiger partial charge in [-0.2, -0.15) is 4.31 Å². The van der Waals surface area contributed by atoms with Gasteiger partial charge in [-0.25, -0.2) is 22.0 Å². The third-order valence-electron chi connectivity index (χ3n) is 4.27. The highest BCUT2D eigenvalue weighted by atomic mass is 32.2. The van der Waals surface area contributed by atoms with E-state index in [4.69, 9.17) is 4.42 Å². The predicted octanol–water partition coefficient (Wildman–Crippen LogP) is 1.85. The van der Waals surface area contributed by atoms with Crippen LogP contribution in [0.1, 0.15) is 16.3 Å². The van der Waals surface area contributed by atoms with Crippen molar-refractivity contribution in [1.29, 1.82) is 0 Å². The van der Waals surface area contributed by atoms with Crippen molar-refractivity contribution in [3.05, 3.63) is 53.5 Å². The molecule has 0 radical (unpaired) electrons. The number of benzene rings is 1. The van der Waals surface area contributed by atoms with Crippen molar-refractivity contribution in [3.8, 4) is 0 Å². The van der Waals surface area contributed by atoms with Crippen LogP contribution in [0.4, 0.5) is 8.78 Å². The van der Waals surface area contributed by atoms with Crippen molar-refractivity contribution in [2.24, 2.45) is 0 Å². The zero-order chi connectivity index (χ0) is 19.6. The van der Waals surface area contributed by atoms with E-state index >= 15 is 0 Å². The van der Waals surface area contributed by atoms with E-state index in [2.05, 4.69) is 4.74 Å². The Kier molecular flexibility index (Phi) is 5.59. The van der Waals surface area contributed by atoms with Gasteiger partial charge in [0.05, 0.1) is 13.7 Å². The van der Waals surface area contributed by atoms with Crippen LogP contribution in [-0.4, -0.2) is 56.9 Å². The molecule has 7 nitrogen and oxygen atoms in total. The van der Waals surface area contributed by atoms with Crippen molar-refractivity contribution >= 4 is 16.0 Å². The minimum atomic E-state index is -4.04. The number of hydrogen-bond acceptors (Lipinski definition) is 6. The second-order valence-corrected chi connectivity index (χ2v) is 7.92. The summed E-state index contributed by atoms with van der Waals surface area (Å²) in [5.74, 6) is -1.86. The van der Waals surface area contributed by atoms with Gasteiger partial charge >= 0.3 is 5.97 Å². The molecule has 146 valence electrons. The quantitative estimate of drug-likeness (QED) is 0.713. The zero-order valence-corrected chi connectivity index (χ0v) is 15.3. The molecule has 1 aromatic carbocycles. The molecule has 0 spiro atoms. The highest BCUT2D eigenvalue weighted by Crippen LogP contribution is 2.22. The van der Waals surface area contributed by atoms with Crippen LogP contribution in [0.5, 0.6) is 0 Å². The van der Waals surface area contributed by atoms with Crippen molar-refractivity contribution in [2.75, 3.05) is 33.3 Å². The fourth-order valence-corrected chi connectivity index (χ4v) is 4.31. The molecule has 0 atom stereocenters. The molecule has 0 saturated carbocycles. The summed E-state index contributed by atoms with van der Waals surface area (Å²) in [6, 6.07) is 5.58. The number of methoxy groups -OCH3 is 1. The van der Waals surface area contributed by atoms with Crippen LogP contribution >= 0.6 is 0 Å². The number of ether oxygens (including phenoxy) is 1. The van der Waals surface area contributed by atoms with Gasteiger partial charge in [0, 0.05) is 32.2 Å². The SMILES string of the molecule is COC(=O)c1ccc(CN2CCN(S(=O)(=O)c3ccc(F)cc3F)CC2)o1. The van der Waals surface area contributed by atoms with Gasteiger partial charge in [0.2, 0.25) is 15.8 Å². The van der Waals surface area contributed by atoms with E-state index in [1.54, 1.807) is 6.07 Å².